The average molecular weight is 515 g/mol. The number of aryl methyl sites for hydroxylation is 3. The fraction of sp³-hybridized carbons (Fsp3) is 0.522. The molecule has 1 aromatic carbocycles. The molecule has 192 valence electrons. The zero-order valence-corrected chi connectivity index (χ0v) is 21.1. The summed E-state index contributed by atoms with van der Waals surface area (Å²) >= 11 is 0. The van der Waals surface area contributed by atoms with E-state index in [-0.39, 0.29) is 22.8 Å². The lowest BCUT2D eigenvalue weighted by Gasteiger charge is -2.15. The van der Waals surface area contributed by atoms with Gasteiger partial charge in [0.15, 0.2) is 0 Å². The summed E-state index contributed by atoms with van der Waals surface area (Å²) in [5, 5.41) is 8.67. The Labute approximate surface area is 202 Å². The van der Waals surface area contributed by atoms with Crippen molar-refractivity contribution in [2.75, 3.05) is 0 Å². The van der Waals surface area contributed by atoms with E-state index >= 15 is 0 Å². The molecule has 1 unspecified atom stereocenters. The van der Waals surface area contributed by atoms with Crippen molar-refractivity contribution < 1.29 is 30.3 Å². The molecule has 0 aliphatic rings. The molecule has 0 bridgehead atoms. The molecule has 12 heteroatoms. The molecule has 0 aliphatic heterocycles. The smallest absolute Gasteiger partial charge is 0.375 e. The molecule has 0 saturated carbocycles. The van der Waals surface area contributed by atoms with Crippen molar-refractivity contribution in [1.82, 2.24) is 19.9 Å². The van der Waals surface area contributed by atoms with E-state index in [1.54, 1.807) is 0 Å². The molecule has 1 atom stereocenters. The van der Waals surface area contributed by atoms with Gasteiger partial charge < -0.3 is 8.71 Å². The van der Waals surface area contributed by atoms with E-state index in [0.717, 1.165) is 31.4 Å². The molecule has 2 heterocycles. The van der Waals surface area contributed by atoms with Crippen LogP contribution in [0.15, 0.2) is 22.7 Å². The summed E-state index contributed by atoms with van der Waals surface area (Å²) in [4.78, 5) is 4.42. The van der Waals surface area contributed by atoms with Crippen LogP contribution in [0.5, 0.6) is 5.75 Å². The highest BCUT2D eigenvalue weighted by Crippen LogP contribution is 2.35. The third kappa shape index (κ3) is 5.68. The topological polar surface area (TPSA) is 100 Å². The van der Waals surface area contributed by atoms with Crippen LogP contribution < -0.4 is 4.18 Å². The van der Waals surface area contributed by atoms with Gasteiger partial charge in [0.1, 0.15) is 11.4 Å². The highest BCUT2D eigenvalue weighted by Gasteiger charge is 2.49. The van der Waals surface area contributed by atoms with Gasteiger partial charge in [-0.15, -0.1) is 0 Å². The SMILES string of the molecule is CCCCC(CC)c1cc(-c2noc(-c3cc(C)c(OS(=O)(=O)C(F)(F)F)c(C)c3)n2)nn1CC. The first-order valence-electron chi connectivity index (χ1n) is 11.5. The number of hydrogen-bond acceptors (Lipinski definition) is 7. The molecule has 0 aliphatic carbocycles. The fourth-order valence-corrected chi connectivity index (χ4v) is 4.52. The van der Waals surface area contributed by atoms with Crippen LogP contribution in [0, 0.1) is 13.8 Å². The van der Waals surface area contributed by atoms with Gasteiger partial charge in [-0.05, 0) is 62.9 Å². The highest BCUT2D eigenvalue weighted by molar-refractivity contribution is 7.88. The van der Waals surface area contributed by atoms with Crippen molar-refractivity contribution in [2.45, 2.75) is 78.3 Å². The average Bonchev–Trinajstić information content (AvgIpc) is 3.43. The number of aromatic nitrogens is 4. The monoisotopic (exact) mass is 514 g/mol. The van der Waals surface area contributed by atoms with Crippen molar-refractivity contribution in [1.29, 1.82) is 0 Å². The van der Waals surface area contributed by atoms with Crippen molar-refractivity contribution >= 4 is 10.1 Å². The van der Waals surface area contributed by atoms with E-state index in [1.165, 1.54) is 26.0 Å². The van der Waals surface area contributed by atoms with Gasteiger partial charge in [-0.1, -0.05) is 31.8 Å². The van der Waals surface area contributed by atoms with Gasteiger partial charge in [-0.2, -0.15) is 31.7 Å². The van der Waals surface area contributed by atoms with E-state index in [9.17, 15) is 21.6 Å². The number of unbranched alkanes of at least 4 members (excludes halogenated alkanes) is 1. The van der Waals surface area contributed by atoms with Gasteiger partial charge in [-0.25, -0.2) is 0 Å². The lowest BCUT2D eigenvalue weighted by Crippen LogP contribution is -2.28. The molecular weight excluding hydrogens is 485 g/mol. The standard InChI is InChI=1S/C23H29F3N4O4S/c1-6-9-10-16(7-2)19-13-18(28-30(19)8-3)21-27-22(33-29-21)17-11-14(4)20(15(5)12-17)34-35(31,32)23(24,25)26/h11-13,16H,6-10H2,1-5H3. The number of hydrogen-bond donors (Lipinski definition) is 0. The Morgan fingerprint density at radius 3 is 2.31 bits per heavy atom. The minimum Gasteiger partial charge on any atom is -0.375 e. The zero-order chi connectivity index (χ0) is 26.0. The largest absolute Gasteiger partial charge is 0.534 e. The van der Waals surface area contributed by atoms with Gasteiger partial charge >= 0.3 is 15.6 Å². The Morgan fingerprint density at radius 2 is 1.77 bits per heavy atom. The van der Waals surface area contributed by atoms with Crippen LogP contribution in [0.25, 0.3) is 23.0 Å². The summed E-state index contributed by atoms with van der Waals surface area (Å²) in [6, 6.07) is 4.83. The summed E-state index contributed by atoms with van der Waals surface area (Å²) in [6.07, 6.45) is 4.28. The number of benzene rings is 1. The quantitative estimate of drug-likeness (QED) is 0.236. The van der Waals surface area contributed by atoms with Gasteiger partial charge in [0.2, 0.25) is 5.82 Å². The second-order valence-electron chi connectivity index (χ2n) is 8.36. The molecule has 0 fully saturated rings. The summed E-state index contributed by atoms with van der Waals surface area (Å²) in [7, 11) is -5.79. The summed E-state index contributed by atoms with van der Waals surface area (Å²) < 4.78 is 72.7. The highest BCUT2D eigenvalue weighted by atomic mass is 32.2. The first kappa shape index (κ1) is 26.7. The molecule has 35 heavy (non-hydrogen) atoms. The molecule has 3 rings (SSSR count). The minimum absolute atomic E-state index is 0.127. The van der Waals surface area contributed by atoms with Crippen LogP contribution in [0.1, 0.15) is 69.2 Å². The molecule has 2 aromatic heterocycles. The minimum atomic E-state index is -5.79. The summed E-state index contributed by atoms with van der Waals surface area (Å²) in [5.74, 6) is 0.388. The number of halogens is 3. The zero-order valence-electron chi connectivity index (χ0n) is 20.3. The second kappa shape index (κ2) is 10.4. The predicted octanol–water partition coefficient (Wildman–Crippen LogP) is 6.15. The Morgan fingerprint density at radius 1 is 1.11 bits per heavy atom. The second-order valence-corrected chi connectivity index (χ2v) is 9.90. The first-order chi connectivity index (χ1) is 16.4. The van der Waals surface area contributed by atoms with Crippen molar-refractivity contribution in [3.8, 4) is 28.7 Å². The van der Waals surface area contributed by atoms with Gasteiger partial charge in [-0.3, -0.25) is 4.68 Å². The van der Waals surface area contributed by atoms with E-state index < -0.39 is 21.4 Å². The maximum absolute atomic E-state index is 12.7. The van der Waals surface area contributed by atoms with E-state index in [4.69, 9.17) is 4.52 Å². The van der Waals surface area contributed by atoms with Crippen LogP contribution in [0.4, 0.5) is 13.2 Å². The predicted molar refractivity (Wildman–Crippen MR) is 124 cm³/mol. The van der Waals surface area contributed by atoms with E-state index in [1.807, 2.05) is 17.7 Å². The maximum Gasteiger partial charge on any atom is 0.534 e. The van der Waals surface area contributed by atoms with Crippen LogP contribution in [-0.4, -0.2) is 33.8 Å². The fourth-order valence-electron chi connectivity index (χ4n) is 3.94. The molecule has 0 spiro atoms. The Balaban J connectivity index is 1.92. The van der Waals surface area contributed by atoms with E-state index in [0.29, 0.717) is 23.7 Å². The van der Waals surface area contributed by atoms with Crippen molar-refractivity contribution in [2.24, 2.45) is 0 Å². The van der Waals surface area contributed by atoms with Crippen LogP contribution in [0.3, 0.4) is 0 Å². The normalized spacial score (nSPS) is 13.3. The van der Waals surface area contributed by atoms with Crippen LogP contribution in [0.2, 0.25) is 0 Å². The Kier molecular flexibility index (Phi) is 7.93. The van der Waals surface area contributed by atoms with E-state index in [2.05, 4.69) is 33.3 Å². The third-order valence-electron chi connectivity index (χ3n) is 5.77. The molecule has 0 radical (unpaired) electrons. The first-order valence-corrected chi connectivity index (χ1v) is 12.9. The van der Waals surface area contributed by atoms with Crippen LogP contribution in [-0.2, 0) is 16.7 Å². The number of rotatable bonds is 10. The molecule has 0 N–H and O–H groups in total. The number of alkyl halides is 3. The molecule has 3 aromatic rings. The number of nitrogens with zero attached hydrogens (tertiary/aromatic N) is 4. The van der Waals surface area contributed by atoms with Crippen LogP contribution >= 0.6 is 0 Å². The van der Waals surface area contributed by atoms with Gasteiger partial charge in [0.25, 0.3) is 5.89 Å². The molecule has 0 amide bonds. The van der Waals surface area contributed by atoms with Crippen molar-refractivity contribution in [3.63, 3.8) is 0 Å². The Hall–Kier alpha value is -2.89. The Bertz CT molecular complexity index is 1260. The lowest BCUT2D eigenvalue weighted by atomic mass is 9.95. The van der Waals surface area contributed by atoms with Gasteiger partial charge in [0, 0.05) is 23.7 Å². The lowest BCUT2D eigenvalue weighted by molar-refractivity contribution is -0.0500. The van der Waals surface area contributed by atoms with Gasteiger partial charge in [0.05, 0.1) is 0 Å². The maximum atomic E-state index is 12.7. The molecular formula is C23H29F3N4O4S. The third-order valence-corrected chi connectivity index (χ3v) is 6.72. The van der Waals surface area contributed by atoms with Crippen molar-refractivity contribution in [3.05, 3.63) is 35.0 Å². The summed E-state index contributed by atoms with van der Waals surface area (Å²) in [5.41, 5.74) is -3.08. The molecule has 0 saturated heterocycles. The summed E-state index contributed by atoms with van der Waals surface area (Å²) in [6.45, 7) is 9.90. The molecule has 8 nitrogen and oxygen atoms in total.